The molecule has 0 saturated heterocycles. The quantitative estimate of drug-likeness (QED) is 0.586. The molecule has 8 heteroatoms. The van der Waals surface area contributed by atoms with Crippen molar-refractivity contribution in [3.8, 4) is 0 Å². The summed E-state index contributed by atoms with van der Waals surface area (Å²) in [6.07, 6.45) is 0. The summed E-state index contributed by atoms with van der Waals surface area (Å²) in [6.45, 7) is 5.21. The molecule has 0 saturated carbocycles. The molecule has 0 radical (unpaired) electrons. The number of hydrogen-bond acceptors (Lipinski definition) is 4. The van der Waals surface area contributed by atoms with E-state index in [1.54, 1.807) is 39.0 Å². The van der Waals surface area contributed by atoms with Crippen molar-refractivity contribution in [2.75, 3.05) is 11.9 Å². The monoisotopic (exact) mass is 368 g/mol. The Bertz CT molecular complexity index is 790. The van der Waals surface area contributed by atoms with Gasteiger partial charge < -0.3 is 15.0 Å². The fourth-order valence-corrected chi connectivity index (χ4v) is 3.04. The molecule has 0 aliphatic rings. The average molecular weight is 368 g/mol. The molecule has 0 aliphatic heterocycles. The number of rotatable bonds is 6. The average Bonchev–Trinajstić information content (AvgIpc) is 2.84. The van der Waals surface area contributed by atoms with Crippen LogP contribution in [0.4, 0.5) is 14.5 Å². The molecule has 2 N–H and O–H groups in total. The molecule has 1 aromatic carbocycles. The van der Waals surface area contributed by atoms with Crippen LogP contribution in [0.15, 0.2) is 29.2 Å². The second-order valence-electron chi connectivity index (χ2n) is 5.17. The summed E-state index contributed by atoms with van der Waals surface area (Å²) < 4.78 is 30.3. The number of esters is 1. The van der Waals surface area contributed by atoms with Gasteiger partial charge in [-0.25, -0.2) is 4.79 Å². The van der Waals surface area contributed by atoms with Gasteiger partial charge in [-0.15, -0.1) is 0 Å². The molecule has 1 aromatic heterocycles. The van der Waals surface area contributed by atoms with Crippen LogP contribution in [-0.2, 0) is 4.74 Å². The Morgan fingerprint density at radius 1 is 1.28 bits per heavy atom. The van der Waals surface area contributed by atoms with Gasteiger partial charge in [-0.05, 0) is 38.5 Å². The van der Waals surface area contributed by atoms with Crippen molar-refractivity contribution in [2.45, 2.75) is 31.4 Å². The van der Waals surface area contributed by atoms with E-state index in [4.69, 9.17) is 4.74 Å². The highest BCUT2D eigenvalue weighted by Crippen LogP contribution is 2.32. The zero-order valence-electron chi connectivity index (χ0n) is 14.0. The lowest BCUT2D eigenvalue weighted by Crippen LogP contribution is -2.15. The molecular weight excluding hydrogens is 350 g/mol. The molecular formula is C17H18F2N2O3S. The lowest BCUT2D eigenvalue weighted by molar-refractivity contribution is 0.0525. The number of para-hydroxylation sites is 1. The Kier molecular flexibility index (Phi) is 6.19. The van der Waals surface area contributed by atoms with E-state index >= 15 is 0 Å². The smallest absolute Gasteiger partial charge is 0.340 e. The van der Waals surface area contributed by atoms with E-state index in [9.17, 15) is 18.4 Å². The number of benzene rings is 1. The molecule has 5 nitrogen and oxygen atoms in total. The lowest BCUT2D eigenvalue weighted by Gasteiger charge is -2.10. The van der Waals surface area contributed by atoms with Crippen LogP contribution < -0.4 is 5.32 Å². The maximum atomic E-state index is 12.6. The Labute approximate surface area is 148 Å². The molecule has 134 valence electrons. The van der Waals surface area contributed by atoms with Gasteiger partial charge >= 0.3 is 5.97 Å². The van der Waals surface area contributed by atoms with Crippen molar-refractivity contribution in [1.82, 2.24) is 4.98 Å². The first-order valence-corrected chi connectivity index (χ1v) is 8.44. The molecule has 1 amide bonds. The van der Waals surface area contributed by atoms with Crippen molar-refractivity contribution in [2.24, 2.45) is 0 Å². The van der Waals surface area contributed by atoms with Crippen LogP contribution in [0.1, 0.15) is 39.0 Å². The zero-order chi connectivity index (χ0) is 18.6. The van der Waals surface area contributed by atoms with Crippen LogP contribution in [-0.4, -0.2) is 29.2 Å². The summed E-state index contributed by atoms with van der Waals surface area (Å²) in [6, 6.07) is 6.30. The van der Waals surface area contributed by atoms with Gasteiger partial charge in [0.25, 0.3) is 11.7 Å². The fraction of sp³-hybridized carbons (Fsp3) is 0.294. The van der Waals surface area contributed by atoms with E-state index in [-0.39, 0.29) is 22.9 Å². The van der Waals surface area contributed by atoms with Crippen LogP contribution in [0.5, 0.6) is 0 Å². The Morgan fingerprint density at radius 3 is 2.60 bits per heavy atom. The van der Waals surface area contributed by atoms with Gasteiger partial charge in [-0.2, -0.15) is 8.78 Å². The molecule has 0 spiro atoms. The van der Waals surface area contributed by atoms with E-state index in [2.05, 4.69) is 10.3 Å². The zero-order valence-corrected chi connectivity index (χ0v) is 14.8. The SMILES string of the molecule is CCOC(=O)c1c(C)[nH]c(C(=O)Nc2ccccc2SC(F)F)c1C. The highest BCUT2D eigenvalue weighted by atomic mass is 32.2. The summed E-state index contributed by atoms with van der Waals surface area (Å²) in [5, 5.41) is 2.61. The van der Waals surface area contributed by atoms with Crippen LogP contribution >= 0.6 is 11.8 Å². The molecule has 0 atom stereocenters. The summed E-state index contributed by atoms with van der Waals surface area (Å²) in [4.78, 5) is 27.6. The Hall–Kier alpha value is -2.35. The number of H-pyrrole nitrogens is 1. The van der Waals surface area contributed by atoms with E-state index in [0.29, 0.717) is 28.6 Å². The molecule has 2 rings (SSSR count). The summed E-state index contributed by atoms with van der Waals surface area (Å²) >= 11 is 0.354. The first-order valence-electron chi connectivity index (χ1n) is 7.56. The van der Waals surface area contributed by atoms with Gasteiger partial charge in [0.1, 0.15) is 5.69 Å². The molecule has 2 aromatic rings. The predicted molar refractivity (Wildman–Crippen MR) is 92.5 cm³/mol. The van der Waals surface area contributed by atoms with E-state index in [1.807, 2.05) is 0 Å². The Balaban J connectivity index is 2.28. The van der Waals surface area contributed by atoms with Crippen LogP contribution in [0.2, 0.25) is 0 Å². The molecule has 0 unspecified atom stereocenters. The first kappa shape index (κ1) is 19.0. The molecule has 1 heterocycles. The summed E-state index contributed by atoms with van der Waals surface area (Å²) in [5.41, 5.74) is 1.74. The number of aromatic amines is 1. The van der Waals surface area contributed by atoms with E-state index in [0.717, 1.165) is 0 Å². The number of carbonyl (C=O) groups is 2. The predicted octanol–water partition coefficient (Wildman–Crippen LogP) is 4.38. The van der Waals surface area contributed by atoms with E-state index in [1.165, 1.54) is 6.07 Å². The minimum absolute atomic E-state index is 0.192. The third-order valence-corrected chi connectivity index (χ3v) is 4.28. The van der Waals surface area contributed by atoms with Crippen LogP contribution in [0, 0.1) is 13.8 Å². The number of anilines is 1. The van der Waals surface area contributed by atoms with E-state index < -0.39 is 17.6 Å². The van der Waals surface area contributed by atoms with Crippen molar-refractivity contribution >= 4 is 29.3 Å². The largest absolute Gasteiger partial charge is 0.462 e. The maximum Gasteiger partial charge on any atom is 0.340 e. The number of ether oxygens (including phenoxy) is 1. The number of nitrogens with one attached hydrogen (secondary N) is 2. The standard InChI is InChI=1S/C17H18F2N2O3S/c1-4-24-16(23)13-9(2)14(20-10(13)3)15(22)21-11-7-5-6-8-12(11)25-17(18)19/h5-8,17,20H,4H2,1-3H3,(H,21,22). The van der Waals surface area contributed by atoms with Gasteiger partial charge in [0.2, 0.25) is 0 Å². The number of halogens is 2. The number of carbonyl (C=O) groups excluding carboxylic acids is 2. The highest BCUT2D eigenvalue weighted by Gasteiger charge is 2.23. The number of aryl methyl sites for hydroxylation is 1. The summed E-state index contributed by atoms with van der Waals surface area (Å²) in [5.74, 6) is -3.62. The van der Waals surface area contributed by atoms with Crippen LogP contribution in [0.3, 0.4) is 0 Å². The number of alkyl halides is 2. The number of aromatic nitrogens is 1. The van der Waals surface area contributed by atoms with Crippen molar-refractivity contribution in [1.29, 1.82) is 0 Å². The number of thioether (sulfide) groups is 1. The van der Waals surface area contributed by atoms with Gasteiger partial charge in [0.15, 0.2) is 0 Å². The lowest BCUT2D eigenvalue weighted by atomic mass is 10.1. The summed E-state index contributed by atoms with van der Waals surface area (Å²) in [7, 11) is 0. The number of amides is 1. The fourth-order valence-electron chi connectivity index (χ4n) is 2.44. The minimum Gasteiger partial charge on any atom is -0.462 e. The van der Waals surface area contributed by atoms with Crippen molar-refractivity contribution in [3.63, 3.8) is 0 Å². The third kappa shape index (κ3) is 4.39. The van der Waals surface area contributed by atoms with Crippen LogP contribution in [0.25, 0.3) is 0 Å². The Morgan fingerprint density at radius 2 is 1.96 bits per heavy atom. The second kappa shape index (κ2) is 8.15. The first-order chi connectivity index (χ1) is 11.8. The van der Waals surface area contributed by atoms with Crippen molar-refractivity contribution in [3.05, 3.63) is 46.8 Å². The molecule has 25 heavy (non-hydrogen) atoms. The molecule has 0 aliphatic carbocycles. The van der Waals surface area contributed by atoms with Gasteiger partial charge in [-0.3, -0.25) is 4.79 Å². The van der Waals surface area contributed by atoms with Gasteiger partial charge in [0.05, 0.1) is 17.9 Å². The second-order valence-corrected chi connectivity index (χ2v) is 6.21. The van der Waals surface area contributed by atoms with Gasteiger partial charge in [-0.1, -0.05) is 23.9 Å². The van der Waals surface area contributed by atoms with Crippen molar-refractivity contribution < 1.29 is 23.1 Å². The topological polar surface area (TPSA) is 71.2 Å². The van der Waals surface area contributed by atoms with Gasteiger partial charge in [0, 0.05) is 10.6 Å². The normalized spacial score (nSPS) is 10.8. The maximum absolute atomic E-state index is 12.6. The third-order valence-electron chi connectivity index (χ3n) is 3.50. The minimum atomic E-state index is -2.59. The number of hydrogen-bond donors (Lipinski definition) is 2. The molecule has 0 bridgehead atoms. The highest BCUT2D eigenvalue weighted by molar-refractivity contribution is 7.99. The molecule has 0 fully saturated rings.